The van der Waals surface area contributed by atoms with Crippen molar-refractivity contribution in [1.82, 2.24) is 9.97 Å². The van der Waals surface area contributed by atoms with E-state index in [1.165, 1.54) is 19.1 Å². The standard InChI is InChI=1S/C25H35N5O4S/c1-18-16-30(14-15-34-18)22-5-3-4-21(27-22)28-24(31)20-7-6-19(17-35(2,32)33)26-23(20)29-12-10-25(8-9-25)11-13-29/h3-7,18,32-33H,8-17H2,1-2H3,(H,27,28,31)/t18-/m1/s1. The first-order valence-electron chi connectivity index (χ1n) is 12.3. The lowest BCUT2D eigenvalue weighted by Gasteiger charge is -2.34. The van der Waals surface area contributed by atoms with Gasteiger partial charge in [0, 0.05) is 32.4 Å². The molecule has 9 nitrogen and oxygen atoms in total. The van der Waals surface area contributed by atoms with Gasteiger partial charge in [0.05, 0.1) is 29.7 Å². The summed E-state index contributed by atoms with van der Waals surface area (Å²) < 4.78 is 25.5. The molecule has 10 heteroatoms. The number of carbonyl (C=O) groups excluding carboxylic acids is 1. The predicted molar refractivity (Wildman–Crippen MR) is 140 cm³/mol. The first kappa shape index (κ1) is 24.3. The van der Waals surface area contributed by atoms with Gasteiger partial charge in [0.2, 0.25) is 0 Å². The molecule has 3 N–H and O–H groups in total. The molecule has 3 fully saturated rings. The molecule has 3 aliphatic rings. The molecular weight excluding hydrogens is 466 g/mol. The Hall–Kier alpha value is -2.40. The maximum Gasteiger partial charge on any atom is 0.260 e. The smallest absolute Gasteiger partial charge is 0.260 e. The number of anilines is 3. The Kier molecular flexibility index (Phi) is 6.65. The predicted octanol–water partition coefficient (Wildman–Crippen LogP) is 4.21. The van der Waals surface area contributed by atoms with Gasteiger partial charge >= 0.3 is 0 Å². The van der Waals surface area contributed by atoms with E-state index in [0.717, 1.165) is 44.8 Å². The second kappa shape index (κ2) is 9.57. The van der Waals surface area contributed by atoms with Crippen molar-refractivity contribution in [3.63, 3.8) is 0 Å². The third-order valence-corrected chi connectivity index (χ3v) is 8.06. The van der Waals surface area contributed by atoms with Gasteiger partial charge in [-0.3, -0.25) is 13.9 Å². The zero-order chi connectivity index (χ0) is 24.6. The topological polar surface area (TPSA) is 111 Å². The van der Waals surface area contributed by atoms with Gasteiger partial charge in [-0.25, -0.2) is 9.97 Å². The average Bonchev–Trinajstić information content (AvgIpc) is 3.57. The maximum absolute atomic E-state index is 13.4. The molecule has 2 aromatic heterocycles. The zero-order valence-corrected chi connectivity index (χ0v) is 21.3. The van der Waals surface area contributed by atoms with Gasteiger partial charge in [-0.1, -0.05) is 6.07 Å². The molecule has 35 heavy (non-hydrogen) atoms. The molecule has 5 rings (SSSR count). The Morgan fingerprint density at radius 3 is 2.57 bits per heavy atom. The zero-order valence-electron chi connectivity index (χ0n) is 20.4. The summed E-state index contributed by atoms with van der Waals surface area (Å²) in [6.07, 6.45) is 6.34. The number of carbonyl (C=O) groups is 1. The number of nitrogens with one attached hydrogen (secondary N) is 1. The summed E-state index contributed by atoms with van der Waals surface area (Å²) in [5.74, 6) is 1.71. The maximum atomic E-state index is 13.4. The van der Waals surface area contributed by atoms with Crippen LogP contribution in [-0.2, 0) is 10.5 Å². The van der Waals surface area contributed by atoms with E-state index < -0.39 is 10.6 Å². The Balaban J connectivity index is 1.37. The molecule has 0 bridgehead atoms. The summed E-state index contributed by atoms with van der Waals surface area (Å²) in [5, 5.41) is 2.96. The van der Waals surface area contributed by atoms with E-state index in [1.807, 2.05) is 19.1 Å². The van der Waals surface area contributed by atoms with E-state index in [9.17, 15) is 13.9 Å². The van der Waals surface area contributed by atoms with Gasteiger partial charge in [-0.05, 0) is 62.3 Å². The molecule has 2 aliphatic heterocycles. The second-order valence-electron chi connectivity index (χ2n) is 10.3. The summed E-state index contributed by atoms with van der Waals surface area (Å²) in [7, 11) is -2.74. The summed E-state index contributed by atoms with van der Waals surface area (Å²) >= 11 is 0. The number of piperidine rings is 1. The average molecular weight is 502 g/mol. The normalized spacial score (nSPS) is 22.2. The van der Waals surface area contributed by atoms with Crippen LogP contribution in [-0.4, -0.2) is 70.1 Å². The highest BCUT2D eigenvalue weighted by Crippen LogP contribution is 2.54. The largest absolute Gasteiger partial charge is 0.375 e. The van der Waals surface area contributed by atoms with Crippen LogP contribution in [0, 0.1) is 5.41 Å². The Bertz CT molecular complexity index is 1080. The van der Waals surface area contributed by atoms with Crippen molar-refractivity contribution < 1.29 is 18.6 Å². The molecule has 1 spiro atoms. The summed E-state index contributed by atoms with van der Waals surface area (Å²) in [5.41, 5.74) is 1.55. The van der Waals surface area contributed by atoms with Crippen molar-refractivity contribution in [2.45, 2.75) is 44.5 Å². The molecule has 1 saturated carbocycles. The summed E-state index contributed by atoms with van der Waals surface area (Å²) in [6.45, 7) is 5.91. The van der Waals surface area contributed by atoms with Gasteiger partial charge in [0.1, 0.15) is 17.5 Å². The van der Waals surface area contributed by atoms with E-state index in [4.69, 9.17) is 9.72 Å². The molecule has 4 heterocycles. The number of ether oxygens (including phenoxy) is 1. The van der Waals surface area contributed by atoms with Gasteiger partial charge in [0.15, 0.2) is 0 Å². The lowest BCUT2D eigenvalue weighted by atomic mass is 9.93. The van der Waals surface area contributed by atoms with Crippen LogP contribution in [0.15, 0.2) is 30.3 Å². The van der Waals surface area contributed by atoms with Crippen LogP contribution in [0.2, 0.25) is 0 Å². The number of hydrogen-bond acceptors (Lipinski definition) is 8. The third kappa shape index (κ3) is 5.88. The number of amides is 1. The minimum absolute atomic E-state index is 0.0707. The van der Waals surface area contributed by atoms with Crippen LogP contribution in [0.5, 0.6) is 0 Å². The highest BCUT2D eigenvalue weighted by atomic mass is 32.3. The van der Waals surface area contributed by atoms with Crippen molar-refractivity contribution >= 4 is 34.0 Å². The molecular formula is C25H35N5O4S. The molecule has 1 atom stereocenters. The van der Waals surface area contributed by atoms with Crippen molar-refractivity contribution in [1.29, 1.82) is 0 Å². The van der Waals surface area contributed by atoms with Gasteiger partial charge in [-0.15, -0.1) is 0 Å². The summed E-state index contributed by atoms with van der Waals surface area (Å²) in [4.78, 5) is 27.1. The van der Waals surface area contributed by atoms with Crippen LogP contribution in [0.1, 0.15) is 48.7 Å². The molecule has 0 radical (unpaired) electrons. The molecule has 1 amide bonds. The number of hydrogen-bond donors (Lipinski definition) is 3. The Labute approximate surface area is 208 Å². The van der Waals surface area contributed by atoms with E-state index in [2.05, 4.69) is 20.1 Å². The van der Waals surface area contributed by atoms with Crippen molar-refractivity contribution in [2.24, 2.45) is 5.41 Å². The second-order valence-corrected chi connectivity index (χ2v) is 12.5. The fraction of sp³-hybridized carbons (Fsp3) is 0.560. The first-order valence-corrected chi connectivity index (χ1v) is 14.4. The van der Waals surface area contributed by atoms with Crippen LogP contribution < -0.4 is 15.1 Å². The van der Waals surface area contributed by atoms with E-state index in [1.54, 1.807) is 18.2 Å². The summed E-state index contributed by atoms with van der Waals surface area (Å²) in [6, 6.07) is 9.08. The molecule has 2 aromatic rings. The molecule has 0 aromatic carbocycles. The number of nitrogens with zero attached hydrogens (tertiary/aromatic N) is 4. The quantitative estimate of drug-likeness (QED) is 0.540. The van der Waals surface area contributed by atoms with Gasteiger partial charge < -0.3 is 19.9 Å². The monoisotopic (exact) mass is 501 g/mol. The van der Waals surface area contributed by atoms with E-state index >= 15 is 0 Å². The highest BCUT2D eigenvalue weighted by molar-refractivity contribution is 8.23. The third-order valence-electron chi connectivity index (χ3n) is 7.22. The minimum atomic E-state index is -2.74. The SMILES string of the molecule is C[C@@H]1CN(c2cccc(NC(=O)c3ccc(CS(C)(O)O)nc3N3CCC4(CC3)CC4)n2)CCO1. The van der Waals surface area contributed by atoms with Gasteiger partial charge in [0.25, 0.3) is 5.91 Å². The molecule has 1 aliphatic carbocycles. The molecule has 190 valence electrons. The fourth-order valence-corrected chi connectivity index (χ4v) is 5.74. The Morgan fingerprint density at radius 2 is 1.89 bits per heavy atom. The number of rotatable bonds is 6. The van der Waals surface area contributed by atoms with E-state index in [-0.39, 0.29) is 17.8 Å². The van der Waals surface area contributed by atoms with Gasteiger partial charge in [-0.2, -0.15) is 10.6 Å². The number of pyridine rings is 2. The van der Waals surface area contributed by atoms with Crippen LogP contribution in [0.4, 0.5) is 17.5 Å². The highest BCUT2D eigenvalue weighted by Gasteiger charge is 2.45. The number of aromatic nitrogens is 2. The Morgan fingerprint density at radius 1 is 1.11 bits per heavy atom. The van der Waals surface area contributed by atoms with Crippen molar-refractivity contribution in [2.75, 3.05) is 54.2 Å². The van der Waals surface area contributed by atoms with Crippen LogP contribution in [0.3, 0.4) is 0 Å². The molecule has 2 saturated heterocycles. The minimum Gasteiger partial charge on any atom is -0.375 e. The van der Waals surface area contributed by atoms with Crippen molar-refractivity contribution in [3.05, 3.63) is 41.6 Å². The van der Waals surface area contributed by atoms with Crippen LogP contribution >= 0.6 is 10.6 Å². The lowest BCUT2D eigenvalue weighted by Crippen LogP contribution is -2.41. The van der Waals surface area contributed by atoms with E-state index in [0.29, 0.717) is 34.9 Å². The number of morpholine rings is 1. The lowest BCUT2D eigenvalue weighted by molar-refractivity contribution is 0.0529. The van der Waals surface area contributed by atoms with Crippen molar-refractivity contribution in [3.8, 4) is 0 Å². The fourth-order valence-electron chi connectivity index (χ4n) is 5.02. The first-order chi connectivity index (χ1) is 16.7. The van der Waals surface area contributed by atoms with Crippen LogP contribution in [0.25, 0.3) is 0 Å². The molecule has 0 unspecified atom stereocenters.